The van der Waals surface area contributed by atoms with Gasteiger partial charge in [0.25, 0.3) is 0 Å². The number of halogens is 1. The van der Waals surface area contributed by atoms with E-state index < -0.39 is 5.82 Å². The Hall–Kier alpha value is -2.52. The third kappa shape index (κ3) is 2.33. The number of Topliss-reactive ketones (excluding diaryl/α,β-unsaturated/α-hetero) is 1. The minimum Gasteiger partial charge on any atom is -0.289 e. The molecule has 3 heteroatoms. The van der Waals surface area contributed by atoms with E-state index in [1.807, 2.05) is 60.8 Å². The zero-order valence-corrected chi connectivity index (χ0v) is 13.9. The number of carbonyl (C=O) groups is 1. The summed E-state index contributed by atoms with van der Waals surface area (Å²) >= 11 is 1.60. The third-order valence-corrected chi connectivity index (χ3v) is 5.44. The summed E-state index contributed by atoms with van der Waals surface area (Å²) in [6.45, 7) is 2.02. The van der Waals surface area contributed by atoms with Crippen molar-refractivity contribution in [3.63, 3.8) is 0 Å². The van der Waals surface area contributed by atoms with E-state index in [0.29, 0.717) is 5.57 Å². The predicted molar refractivity (Wildman–Crippen MR) is 96.0 cm³/mol. The molecule has 1 atom stereocenters. The number of hydrogen-bond donors (Lipinski definition) is 0. The van der Waals surface area contributed by atoms with Crippen LogP contribution in [0.2, 0.25) is 0 Å². The Morgan fingerprint density at radius 3 is 2.54 bits per heavy atom. The molecule has 118 valence electrons. The molecule has 0 bridgehead atoms. The molecule has 0 saturated carbocycles. The first-order chi connectivity index (χ1) is 11.7. The highest BCUT2D eigenvalue weighted by Gasteiger charge is 2.37. The van der Waals surface area contributed by atoms with E-state index >= 15 is 0 Å². The molecule has 1 unspecified atom stereocenters. The molecule has 1 nitrogen and oxygen atoms in total. The van der Waals surface area contributed by atoms with Crippen LogP contribution >= 0.6 is 11.3 Å². The van der Waals surface area contributed by atoms with Crippen LogP contribution in [0.4, 0.5) is 4.39 Å². The van der Waals surface area contributed by atoms with Gasteiger partial charge >= 0.3 is 0 Å². The van der Waals surface area contributed by atoms with Gasteiger partial charge in [-0.05, 0) is 47.2 Å². The van der Waals surface area contributed by atoms with Gasteiger partial charge in [0.1, 0.15) is 5.82 Å². The first-order valence-corrected chi connectivity index (χ1v) is 8.68. The quantitative estimate of drug-likeness (QED) is 0.557. The Bertz CT molecular complexity index is 953. The van der Waals surface area contributed by atoms with E-state index in [1.165, 1.54) is 6.07 Å². The van der Waals surface area contributed by atoms with Gasteiger partial charge in [0, 0.05) is 16.4 Å². The fraction of sp³-hybridized carbons (Fsp3) is 0.0952. The molecule has 0 fully saturated rings. The largest absolute Gasteiger partial charge is 0.289 e. The molecule has 1 heterocycles. The van der Waals surface area contributed by atoms with Gasteiger partial charge in [-0.25, -0.2) is 4.39 Å². The zero-order chi connectivity index (χ0) is 16.7. The van der Waals surface area contributed by atoms with Crippen LogP contribution < -0.4 is 0 Å². The first kappa shape index (κ1) is 15.0. The van der Waals surface area contributed by atoms with Gasteiger partial charge in [-0.1, -0.05) is 42.5 Å². The molecule has 0 aliphatic heterocycles. The molecule has 24 heavy (non-hydrogen) atoms. The van der Waals surface area contributed by atoms with Crippen LogP contribution in [0.1, 0.15) is 37.8 Å². The maximum atomic E-state index is 14.3. The molecule has 4 rings (SSSR count). The summed E-state index contributed by atoms with van der Waals surface area (Å²) in [6.07, 6.45) is 1.93. The summed E-state index contributed by atoms with van der Waals surface area (Å²) in [6, 6.07) is 16.8. The lowest BCUT2D eigenvalue weighted by Gasteiger charge is -2.13. The van der Waals surface area contributed by atoms with Crippen molar-refractivity contribution < 1.29 is 9.18 Å². The summed E-state index contributed by atoms with van der Waals surface area (Å²) in [5.41, 5.74) is 3.75. The van der Waals surface area contributed by atoms with Gasteiger partial charge in [-0.3, -0.25) is 4.79 Å². The van der Waals surface area contributed by atoms with Crippen molar-refractivity contribution >= 4 is 23.2 Å². The Labute approximate surface area is 144 Å². The number of allylic oxidation sites excluding steroid dienone is 1. The summed E-state index contributed by atoms with van der Waals surface area (Å²) in [4.78, 5) is 14.0. The van der Waals surface area contributed by atoms with Crippen molar-refractivity contribution in [3.05, 3.63) is 98.5 Å². The molecule has 1 aliphatic rings. The fourth-order valence-corrected chi connectivity index (χ4v) is 4.16. The molecule has 1 aromatic heterocycles. The third-order valence-electron chi connectivity index (χ3n) is 4.48. The number of carbonyl (C=O) groups excluding carboxylic acids is 1. The molecule has 0 N–H and O–H groups in total. The highest BCUT2D eigenvalue weighted by Crippen LogP contribution is 2.44. The smallest absolute Gasteiger partial charge is 0.193 e. The summed E-state index contributed by atoms with van der Waals surface area (Å²) in [5, 5.41) is 2.01. The molecule has 2 aromatic carbocycles. The summed E-state index contributed by atoms with van der Waals surface area (Å²) in [5.74, 6) is -0.861. The number of ketones is 1. The fourth-order valence-electron chi connectivity index (χ4n) is 3.29. The molecule has 0 amide bonds. The molecular weight excluding hydrogens is 319 g/mol. The van der Waals surface area contributed by atoms with E-state index in [0.717, 1.165) is 21.6 Å². The Balaban J connectivity index is 1.96. The molecular formula is C21H15FOS. The highest BCUT2D eigenvalue weighted by atomic mass is 32.1. The summed E-state index contributed by atoms with van der Waals surface area (Å²) < 4.78 is 14.3. The van der Waals surface area contributed by atoms with Gasteiger partial charge in [-0.2, -0.15) is 0 Å². The van der Waals surface area contributed by atoms with E-state index in [1.54, 1.807) is 17.4 Å². The minimum absolute atomic E-state index is 0.204. The lowest BCUT2D eigenvalue weighted by molar-refractivity contribution is 0.103. The molecule has 1 aliphatic carbocycles. The molecule has 0 saturated heterocycles. The van der Waals surface area contributed by atoms with E-state index in [-0.39, 0.29) is 17.3 Å². The second kappa shape index (κ2) is 5.84. The van der Waals surface area contributed by atoms with Crippen LogP contribution in [-0.2, 0) is 0 Å². The van der Waals surface area contributed by atoms with Crippen molar-refractivity contribution in [3.8, 4) is 0 Å². The van der Waals surface area contributed by atoms with Crippen LogP contribution in [-0.4, -0.2) is 5.78 Å². The normalized spacial score (nSPS) is 18.2. The van der Waals surface area contributed by atoms with Gasteiger partial charge < -0.3 is 0 Å². The van der Waals surface area contributed by atoms with Crippen molar-refractivity contribution in [1.82, 2.24) is 0 Å². The summed E-state index contributed by atoms with van der Waals surface area (Å²) in [7, 11) is 0. The van der Waals surface area contributed by atoms with Crippen molar-refractivity contribution in [2.45, 2.75) is 12.8 Å². The number of aryl methyl sites for hydroxylation is 1. The van der Waals surface area contributed by atoms with Crippen LogP contribution in [0.25, 0.3) is 6.08 Å². The number of thiophene rings is 1. The second-order valence-corrected chi connectivity index (χ2v) is 6.89. The lowest BCUT2D eigenvalue weighted by Crippen LogP contribution is -2.02. The Kier molecular flexibility index (Phi) is 3.66. The number of hydrogen-bond acceptors (Lipinski definition) is 2. The number of rotatable bonds is 2. The second-order valence-electron chi connectivity index (χ2n) is 5.94. The zero-order valence-electron chi connectivity index (χ0n) is 13.1. The van der Waals surface area contributed by atoms with Gasteiger partial charge in [0.15, 0.2) is 5.78 Å². The average Bonchev–Trinajstić information content (AvgIpc) is 3.12. The maximum absolute atomic E-state index is 14.3. The van der Waals surface area contributed by atoms with Crippen LogP contribution in [0.5, 0.6) is 0 Å². The first-order valence-electron chi connectivity index (χ1n) is 7.80. The van der Waals surface area contributed by atoms with Gasteiger partial charge in [0.05, 0.1) is 5.56 Å². The lowest BCUT2D eigenvalue weighted by atomic mass is 9.89. The van der Waals surface area contributed by atoms with Crippen molar-refractivity contribution in [2.75, 3.05) is 0 Å². The minimum atomic E-state index is -0.440. The predicted octanol–water partition coefficient (Wildman–Crippen LogP) is 5.61. The standard InChI is InChI=1S/C21H15FOS/c1-13-10-11-24-18(13)12-16-19(14-6-3-2-4-7-14)15-8-5-9-17(22)20(15)21(16)23/h2-12,19H,1H3. The van der Waals surface area contributed by atoms with Crippen LogP contribution in [0, 0.1) is 12.7 Å². The van der Waals surface area contributed by atoms with Gasteiger partial charge in [-0.15, -0.1) is 11.3 Å². The average molecular weight is 334 g/mol. The highest BCUT2D eigenvalue weighted by molar-refractivity contribution is 7.11. The molecule has 3 aromatic rings. The maximum Gasteiger partial charge on any atom is 0.193 e. The monoisotopic (exact) mass is 334 g/mol. The molecule has 0 radical (unpaired) electrons. The Morgan fingerprint density at radius 2 is 1.83 bits per heavy atom. The SMILES string of the molecule is Cc1ccsc1C=C1C(=O)c2c(F)cccc2C1c1ccccc1. The molecule has 0 spiro atoms. The van der Waals surface area contributed by atoms with E-state index in [9.17, 15) is 9.18 Å². The van der Waals surface area contributed by atoms with Crippen LogP contribution in [0.15, 0.2) is 65.6 Å². The van der Waals surface area contributed by atoms with E-state index in [2.05, 4.69) is 0 Å². The number of fused-ring (bicyclic) bond motifs is 1. The van der Waals surface area contributed by atoms with Crippen LogP contribution in [0.3, 0.4) is 0 Å². The number of benzene rings is 2. The Morgan fingerprint density at radius 1 is 1.04 bits per heavy atom. The van der Waals surface area contributed by atoms with E-state index in [4.69, 9.17) is 0 Å². The van der Waals surface area contributed by atoms with Crippen molar-refractivity contribution in [1.29, 1.82) is 0 Å². The van der Waals surface area contributed by atoms with Crippen molar-refractivity contribution in [2.24, 2.45) is 0 Å². The topological polar surface area (TPSA) is 17.1 Å². The van der Waals surface area contributed by atoms with Gasteiger partial charge in [0.2, 0.25) is 0 Å².